The number of Topliss-reactive ketones (excluding diaryl/α,β-unsaturated/α-hetero) is 1. The molecule has 0 saturated carbocycles. The van der Waals surface area contributed by atoms with E-state index in [1.807, 2.05) is 0 Å². The second kappa shape index (κ2) is 6.00. The molecule has 0 aliphatic carbocycles. The van der Waals surface area contributed by atoms with Crippen LogP contribution >= 0.6 is 0 Å². The van der Waals surface area contributed by atoms with Crippen molar-refractivity contribution < 1.29 is 26.6 Å². The third-order valence-corrected chi connectivity index (χ3v) is 6.90. The fraction of sp³-hybridized carbons (Fsp3) is 0.562. The van der Waals surface area contributed by atoms with E-state index in [1.165, 1.54) is 0 Å². The fourth-order valence-electron chi connectivity index (χ4n) is 3.56. The van der Waals surface area contributed by atoms with E-state index in [4.69, 9.17) is 0 Å². The van der Waals surface area contributed by atoms with Gasteiger partial charge in [0.05, 0.1) is 11.1 Å². The number of ketones is 1. The van der Waals surface area contributed by atoms with Crippen molar-refractivity contribution in [2.45, 2.75) is 48.8 Å². The molecule has 0 N–H and O–H groups in total. The summed E-state index contributed by atoms with van der Waals surface area (Å²) in [6.45, 7) is 0. The van der Waals surface area contributed by atoms with Gasteiger partial charge in [-0.25, -0.2) is 4.39 Å². The first kappa shape index (κ1) is 16.6. The predicted octanol–water partition coefficient (Wildman–Crippen LogP) is 4.11. The molecule has 2 saturated heterocycles. The van der Waals surface area contributed by atoms with Crippen molar-refractivity contribution in [3.63, 3.8) is 0 Å². The van der Waals surface area contributed by atoms with Crippen molar-refractivity contribution in [1.29, 1.82) is 0 Å². The number of fused-ring (bicyclic) bond motifs is 2. The zero-order valence-electron chi connectivity index (χ0n) is 12.2. The SMILES string of the molecule is O=C(c1cc(C(F)(F)F)ccc1F)C1CC2CCCC(C1)S2=O. The van der Waals surface area contributed by atoms with Gasteiger partial charge in [0.1, 0.15) is 5.82 Å². The van der Waals surface area contributed by atoms with Crippen LogP contribution in [0.2, 0.25) is 0 Å². The van der Waals surface area contributed by atoms with Crippen LogP contribution in [0.5, 0.6) is 0 Å². The standard InChI is InChI=1S/C16H16F4O2S/c17-14-5-4-10(16(18,19)20)8-13(14)15(21)9-6-11-2-1-3-12(7-9)23(11)22/h4-5,8-9,11-12H,1-3,6-7H2. The molecule has 0 spiro atoms. The molecule has 2 unspecified atom stereocenters. The van der Waals surface area contributed by atoms with E-state index in [9.17, 15) is 26.6 Å². The summed E-state index contributed by atoms with van der Waals surface area (Å²) in [7, 11) is -0.979. The number of hydrogen-bond donors (Lipinski definition) is 0. The third-order valence-electron chi connectivity index (χ3n) is 4.73. The topological polar surface area (TPSA) is 34.1 Å². The van der Waals surface area contributed by atoms with Crippen molar-refractivity contribution >= 4 is 16.6 Å². The highest BCUT2D eigenvalue weighted by atomic mass is 32.2. The number of rotatable bonds is 2. The zero-order chi connectivity index (χ0) is 16.8. The molecule has 126 valence electrons. The monoisotopic (exact) mass is 348 g/mol. The second-order valence-corrected chi connectivity index (χ2v) is 8.22. The van der Waals surface area contributed by atoms with Crippen LogP contribution < -0.4 is 0 Å². The molecule has 0 radical (unpaired) electrons. The summed E-state index contributed by atoms with van der Waals surface area (Å²) >= 11 is 0. The maximum atomic E-state index is 13.9. The van der Waals surface area contributed by atoms with Crippen molar-refractivity contribution in [3.8, 4) is 0 Å². The van der Waals surface area contributed by atoms with Gasteiger partial charge in [0.15, 0.2) is 5.78 Å². The lowest BCUT2D eigenvalue weighted by atomic mass is 9.84. The second-order valence-electron chi connectivity index (χ2n) is 6.23. The Labute approximate surface area is 133 Å². The van der Waals surface area contributed by atoms with Crippen LogP contribution in [0.1, 0.15) is 48.0 Å². The molecule has 2 fully saturated rings. The van der Waals surface area contributed by atoms with Gasteiger partial charge in [-0.15, -0.1) is 0 Å². The van der Waals surface area contributed by atoms with Crippen LogP contribution in [-0.4, -0.2) is 20.5 Å². The molecule has 2 atom stereocenters. The molecule has 0 aromatic heterocycles. The molecule has 2 bridgehead atoms. The Morgan fingerprint density at radius 3 is 2.30 bits per heavy atom. The summed E-state index contributed by atoms with van der Waals surface area (Å²) < 4.78 is 64.3. The molecule has 1 aromatic carbocycles. The van der Waals surface area contributed by atoms with Gasteiger partial charge in [0.2, 0.25) is 0 Å². The number of carbonyl (C=O) groups is 1. The molecular weight excluding hydrogens is 332 g/mol. The van der Waals surface area contributed by atoms with Crippen molar-refractivity contribution in [1.82, 2.24) is 0 Å². The lowest BCUT2D eigenvalue weighted by molar-refractivity contribution is -0.137. The quantitative estimate of drug-likeness (QED) is 0.595. The van der Waals surface area contributed by atoms with Crippen molar-refractivity contribution in [2.75, 3.05) is 0 Å². The smallest absolute Gasteiger partial charge is 0.294 e. The Bertz CT molecular complexity index is 640. The fourth-order valence-corrected chi connectivity index (χ4v) is 5.74. The molecule has 0 amide bonds. The van der Waals surface area contributed by atoms with Crippen LogP contribution in [0.3, 0.4) is 0 Å². The summed E-state index contributed by atoms with van der Waals surface area (Å²) in [4.78, 5) is 12.5. The molecule has 7 heteroatoms. The van der Waals surface area contributed by atoms with Crippen molar-refractivity contribution in [2.24, 2.45) is 5.92 Å². The maximum Gasteiger partial charge on any atom is 0.416 e. The first-order chi connectivity index (χ1) is 10.8. The Morgan fingerprint density at radius 2 is 1.74 bits per heavy atom. The average Bonchev–Trinajstić information content (AvgIpc) is 2.45. The molecule has 2 heterocycles. The summed E-state index contributed by atoms with van der Waals surface area (Å²) in [5.41, 5.74) is -1.53. The van der Waals surface area contributed by atoms with Crippen molar-refractivity contribution in [3.05, 3.63) is 35.1 Å². The molecular formula is C16H16F4O2S. The van der Waals surface area contributed by atoms with Crippen LogP contribution in [0.4, 0.5) is 17.6 Å². The highest BCUT2D eigenvalue weighted by molar-refractivity contribution is 7.86. The average molecular weight is 348 g/mol. The number of benzene rings is 1. The van der Waals surface area contributed by atoms with E-state index in [0.717, 1.165) is 19.3 Å². The Hall–Kier alpha value is -1.24. The van der Waals surface area contributed by atoms with E-state index < -0.39 is 45.6 Å². The number of carbonyl (C=O) groups excluding carboxylic acids is 1. The van der Waals surface area contributed by atoms with Gasteiger partial charge < -0.3 is 0 Å². The predicted molar refractivity (Wildman–Crippen MR) is 78.0 cm³/mol. The minimum atomic E-state index is -4.62. The minimum Gasteiger partial charge on any atom is -0.294 e. The summed E-state index contributed by atoms with van der Waals surface area (Å²) in [6.07, 6.45) is -1.39. The van der Waals surface area contributed by atoms with Gasteiger partial charge in [0, 0.05) is 27.2 Å². The molecule has 2 aliphatic heterocycles. The highest BCUT2D eigenvalue weighted by Gasteiger charge is 2.41. The normalized spacial score (nSPS) is 31.0. The third kappa shape index (κ3) is 3.20. The minimum absolute atomic E-state index is 0.0923. The number of alkyl halides is 3. The van der Waals surface area contributed by atoms with Gasteiger partial charge in [-0.1, -0.05) is 6.42 Å². The zero-order valence-corrected chi connectivity index (χ0v) is 13.1. The van der Waals surface area contributed by atoms with Crippen LogP contribution in [0.15, 0.2) is 18.2 Å². The van der Waals surface area contributed by atoms with Crippen LogP contribution in [0, 0.1) is 11.7 Å². The molecule has 3 rings (SSSR count). The first-order valence-corrected chi connectivity index (χ1v) is 8.85. The van der Waals surface area contributed by atoms with Crippen LogP contribution in [-0.2, 0) is 17.0 Å². The van der Waals surface area contributed by atoms with E-state index >= 15 is 0 Å². The molecule has 2 aliphatic rings. The van der Waals surface area contributed by atoms with E-state index in [-0.39, 0.29) is 10.5 Å². The molecule has 23 heavy (non-hydrogen) atoms. The van der Waals surface area contributed by atoms with E-state index in [1.54, 1.807) is 0 Å². The Balaban J connectivity index is 1.87. The van der Waals surface area contributed by atoms with E-state index in [0.29, 0.717) is 31.0 Å². The van der Waals surface area contributed by atoms with E-state index in [2.05, 4.69) is 0 Å². The summed E-state index contributed by atoms with van der Waals surface area (Å²) in [5, 5.41) is -0.185. The van der Waals surface area contributed by atoms with Gasteiger partial charge in [0.25, 0.3) is 0 Å². The Kier molecular flexibility index (Phi) is 4.33. The highest BCUT2D eigenvalue weighted by Crippen LogP contribution is 2.39. The largest absolute Gasteiger partial charge is 0.416 e. The molecule has 2 nitrogen and oxygen atoms in total. The van der Waals surface area contributed by atoms with Crippen LogP contribution in [0.25, 0.3) is 0 Å². The number of hydrogen-bond acceptors (Lipinski definition) is 2. The van der Waals surface area contributed by atoms with Gasteiger partial charge in [-0.3, -0.25) is 9.00 Å². The first-order valence-electron chi connectivity index (χ1n) is 7.57. The van der Waals surface area contributed by atoms with Gasteiger partial charge in [-0.05, 0) is 43.9 Å². The lowest BCUT2D eigenvalue weighted by Crippen LogP contribution is -2.41. The summed E-state index contributed by atoms with van der Waals surface area (Å²) in [5.74, 6) is -2.07. The molecule has 1 aromatic rings. The summed E-state index contributed by atoms with van der Waals surface area (Å²) in [6, 6.07) is 1.92. The van der Waals surface area contributed by atoms with Gasteiger partial charge in [-0.2, -0.15) is 13.2 Å². The lowest BCUT2D eigenvalue weighted by Gasteiger charge is -2.37. The number of halogens is 4. The maximum absolute atomic E-state index is 13.9. The Morgan fingerprint density at radius 1 is 1.13 bits per heavy atom. The van der Waals surface area contributed by atoms with Gasteiger partial charge >= 0.3 is 6.18 Å².